The summed E-state index contributed by atoms with van der Waals surface area (Å²) in [6.07, 6.45) is 4.84. The quantitative estimate of drug-likeness (QED) is 0.417. The Bertz CT molecular complexity index is 1290. The van der Waals surface area contributed by atoms with E-state index in [1.54, 1.807) is 0 Å². The highest BCUT2D eigenvalue weighted by molar-refractivity contribution is 5.92. The van der Waals surface area contributed by atoms with E-state index in [1.807, 2.05) is 0 Å². The second-order valence-corrected chi connectivity index (χ2v) is 7.32. The monoisotopic (exact) mass is 428 g/mol. The molecule has 3 heterocycles. The van der Waals surface area contributed by atoms with Crippen molar-refractivity contribution in [2.24, 2.45) is 0 Å². The molecule has 162 valence electrons. The molecular weight excluding hydrogens is 403 g/mol. The summed E-state index contributed by atoms with van der Waals surface area (Å²) in [5.74, 6) is 0.0741. The summed E-state index contributed by atoms with van der Waals surface area (Å²) in [5.41, 5.74) is 13.6. The van der Waals surface area contributed by atoms with Crippen LogP contribution in [0, 0.1) is 6.08 Å². The number of fused-ring (bicyclic) bond motifs is 2. The maximum Gasteiger partial charge on any atom is 0.312 e. The van der Waals surface area contributed by atoms with Crippen LogP contribution in [0.2, 0.25) is 0 Å². The number of anilines is 2. The van der Waals surface area contributed by atoms with E-state index in [-0.39, 0.29) is 11.5 Å². The van der Waals surface area contributed by atoms with Crippen LogP contribution in [-0.4, -0.2) is 19.9 Å². The number of imidazole rings is 1. The molecule has 0 amide bonds. The van der Waals surface area contributed by atoms with Crippen LogP contribution in [0.3, 0.4) is 0 Å². The van der Waals surface area contributed by atoms with Gasteiger partial charge in [-0.05, 0) is 42.2 Å². The number of H-pyrrole nitrogens is 1. The number of rotatable bonds is 3. The number of aromatic nitrogens is 4. The molecule has 1 aliphatic rings. The molecule has 0 spiro atoms. The largest absolute Gasteiger partial charge is 0.382 e. The van der Waals surface area contributed by atoms with Gasteiger partial charge in [-0.1, -0.05) is 56.8 Å². The average molecular weight is 429 g/mol. The number of nitrogens with two attached hydrogens (primary N) is 1. The number of aromatic amines is 1. The molecule has 7 heteroatoms. The summed E-state index contributed by atoms with van der Waals surface area (Å²) in [5, 5.41) is 0. The molecule has 0 saturated heterocycles. The molecule has 0 fully saturated rings. The van der Waals surface area contributed by atoms with E-state index in [2.05, 4.69) is 99.9 Å². The van der Waals surface area contributed by atoms with Crippen molar-refractivity contribution in [2.75, 3.05) is 10.6 Å². The molecule has 2 aromatic heterocycles. The zero-order valence-electron chi connectivity index (χ0n) is 18.1. The molecule has 0 aliphatic carbocycles. The summed E-state index contributed by atoms with van der Waals surface area (Å²) in [6.45, 7) is 8.81. The Morgan fingerprint density at radius 3 is 2.53 bits per heavy atom. The van der Waals surface area contributed by atoms with Gasteiger partial charge in [0.05, 0.1) is 6.33 Å². The fourth-order valence-electron chi connectivity index (χ4n) is 3.90. The number of nitrogen functional groups attached to an aromatic ring is 1. The topological polar surface area (TPSA) is 83.7 Å². The lowest BCUT2D eigenvalue weighted by Crippen LogP contribution is -2.24. The third-order valence-electron chi connectivity index (χ3n) is 5.39. The Hall–Kier alpha value is -4.00. The molecule has 0 atom stereocenters. The van der Waals surface area contributed by atoms with Crippen LogP contribution >= 0.6 is 0 Å². The molecule has 2 aromatic carbocycles. The Balaban J connectivity index is 0.000000186. The molecule has 5 rings (SSSR count). The minimum absolute atomic E-state index is 0.0741. The van der Waals surface area contributed by atoms with E-state index in [1.165, 1.54) is 34.4 Å². The molecule has 3 N–H and O–H groups in total. The van der Waals surface area contributed by atoms with E-state index in [0.717, 1.165) is 18.5 Å². The first-order valence-electron chi connectivity index (χ1n) is 10.5. The highest BCUT2D eigenvalue weighted by atomic mass is 19.1. The average Bonchev–Trinajstić information content (AvgIpc) is 3.28. The van der Waals surface area contributed by atoms with Crippen molar-refractivity contribution >= 4 is 34.4 Å². The Kier molecular flexibility index (Phi) is 5.98. The van der Waals surface area contributed by atoms with Gasteiger partial charge in [-0.3, -0.25) is 0 Å². The van der Waals surface area contributed by atoms with Crippen LogP contribution in [0.1, 0.15) is 37.0 Å². The van der Waals surface area contributed by atoms with Crippen molar-refractivity contribution in [3.8, 4) is 0 Å². The summed E-state index contributed by atoms with van der Waals surface area (Å²) >= 11 is 0. The normalized spacial score (nSPS) is 12.8. The predicted octanol–water partition coefficient (Wildman–Crippen LogP) is 5.57. The fraction of sp³-hybridized carbons (Fsp3) is 0.160. The van der Waals surface area contributed by atoms with Crippen molar-refractivity contribution in [3.63, 3.8) is 0 Å². The number of hydrogen-bond donors (Lipinski definition) is 2. The molecule has 6 nitrogen and oxygen atoms in total. The highest BCUT2D eigenvalue weighted by Crippen LogP contribution is 2.39. The predicted molar refractivity (Wildman–Crippen MR) is 128 cm³/mol. The first-order chi connectivity index (χ1) is 15.5. The number of hydrogen-bond acceptors (Lipinski definition) is 5. The van der Waals surface area contributed by atoms with E-state index in [4.69, 9.17) is 5.73 Å². The van der Waals surface area contributed by atoms with Gasteiger partial charge in [0, 0.05) is 22.6 Å². The lowest BCUT2D eigenvalue weighted by atomic mass is 9.91. The van der Waals surface area contributed by atoms with Crippen LogP contribution in [-0.2, 0) is 6.42 Å². The number of halogens is 1. The maximum atomic E-state index is 12.4. The molecule has 0 unspecified atom stereocenters. The first-order valence-corrected chi connectivity index (χ1v) is 10.5. The lowest BCUT2D eigenvalue weighted by molar-refractivity contribution is 0.546. The van der Waals surface area contributed by atoms with Gasteiger partial charge in [0.2, 0.25) is 0 Å². The Morgan fingerprint density at radius 2 is 1.81 bits per heavy atom. The lowest BCUT2D eigenvalue weighted by Gasteiger charge is -2.34. The summed E-state index contributed by atoms with van der Waals surface area (Å²) in [4.78, 5) is 15.4. The van der Waals surface area contributed by atoms with Gasteiger partial charge in [0.1, 0.15) is 5.52 Å². The zero-order chi connectivity index (χ0) is 22.7. The van der Waals surface area contributed by atoms with Gasteiger partial charge in [-0.15, -0.1) is 0 Å². The zero-order valence-corrected chi connectivity index (χ0v) is 18.1. The SMILES string of the molecule is C=C1c2c(cccc2CC)C=C(CC)N1c1ccccc1.Nc1nc(F)nc2nc[nH]c12. The summed E-state index contributed by atoms with van der Waals surface area (Å²) in [7, 11) is 0. The molecule has 0 saturated carbocycles. The molecule has 0 radical (unpaired) electrons. The summed E-state index contributed by atoms with van der Waals surface area (Å²) in [6, 6.07) is 17.1. The van der Waals surface area contributed by atoms with E-state index >= 15 is 0 Å². The van der Waals surface area contributed by atoms with Crippen molar-refractivity contribution in [1.82, 2.24) is 19.9 Å². The fourth-order valence-corrected chi connectivity index (χ4v) is 3.90. The highest BCUT2D eigenvalue weighted by Gasteiger charge is 2.23. The van der Waals surface area contributed by atoms with Crippen LogP contribution in [0.4, 0.5) is 15.9 Å². The van der Waals surface area contributed by atoms with Crippen LogP contribution in [0.5, 0.6) is 0 Å². The van der Waals surface area contributed by atoms with E-state index in [0.29, 0.717) is 5.52 Å². The summed E-state index contributed by atoms with van der Waals surface area (Å²) < 4.78 is 12.4. The van der Waals surface area contributed by atoms with Gasteiger partial charge >= 0.3 is 6.08 Å². The molecule has 4 aromatic rings. The van der Waals surface area contributed by atoms with Gasteiger partial charge in [0.15, 0.2) is 11.5 Å². The smallest absolute Gasteiger partial charge is 0.312 e. The van der Waals surface area contributed by atoms with Gasteiger partial charge in [-0.2, -0.15) is 14.4 Å². The molecular formula is C25H25FN6. The van der Waals surface area contributed by atoms with Crippen molar-refractivity contribution in [1.29, 1.82) is 0 Å². The molecule has 0 bridgehead atoms. The van der Waals surface area contributed by atoms with Crippen molar-refractivity contribution in [3.05, 3.63) is 89.9 Å². The number of para-hydroxylation sites is 1. The standard InChI is InChI=1S/C20H21N.C5H4FN5/c1-4-16-10-9-11-17-14-18(5-2)21(15(3)20(16)17)19-12-7-6-8-13-19;6-5-10-3(7)2-4(11-5)9-1-8-2/h6-14H,3-5H2,1-2H3;1H,(H3,7,8,9,10,11). The second kappa shape index (κ2) is 9.01. The third-order valence-corrected chi connectivity index (χ3v) is 5.39. The number of nitrogens with one attached hydrogen (secondary N) is 1. The first kappa shape index (κ1) is 21.2. The third kappa shape index (κ3) is 3.97. The number of allylic oxidation sites excluding steroid dienone is 1. The van der Waals surface area contributed by atoms with Crippen molar-refractivity contribution < 1.29 is 4.39 Å². The maximum absolute atomic E-state index is 12.4. The van der Waals surface area contributed by atoms with Crippen LogP contribution in [0.25, 0.3) is 22.9 Å². The molecule has 32 heavy (non-hydrogen) atoms. The van der Waals surface area contributed by atoms with Gasteiger partial charge in [-0.25, -0.2) is 4.98 Å². The number of benzene rings is 2. The second-order valence-electron chi connectivity index (χ2n) is 7.32. The van der Waals surface area contributed by atoms with Crippen LogP contribution in [0.15, 0.2) is 67.1 Å². The minimum atomic E-state index is -0.859. The Morgan fingerprint density at radius 1 is 1.03 bits per heavy atom. The van der Waals surface area contributed by atoms with Crippen LogP contribution < -0.4 is 10.6 Å². The van der Waals surface area contributed by atoms with E-state index < -0.39 is 6.08 Å². The number of aryl methyl sites for hydroxylation is 1. The minimum Gasteiger partial charge on any atom is -0.382 e. The molecule has 1 aliphatic heterocycles. The van der Waals surface area contributed by atoms with Crippen molar-refractivity contribution in [2.45, 2.75) is 26.7 Å². The van der Waals surface area contributed by atoms with Gasteiger partial charge < -0.3 is 15.6 Å². The van der Waals surface area contributed by atoms with E-state index in [9.17, 15) is 4.39 Å². The number of nitrogens with zero attached hydrogens (tertiary/aromatic N) is 4. The van der Waals surface area contributed by atoms with Gasteiger partial charge in [0.25, 0.3) is 0 Å². The Labute approximate surface area is 186 Å².